The molecule has 0 atom stereocenters. The Bertz CT molecular complexity index is 948. The van der Waals surface area contributed by atoms with Crippen molar-refractivity contribution < 1.29 is 33.4 Å². The Hall–Kier alpha value is -3.20. The lowest BCUT2D eigenvalue weighted by Gasteiger charge is -2.09. The van der Waals surface area contributed by atoms with Gasteiger partial charge in [-0.15, -0.1) is 11.3 Å². The van der Waals surface area contributed by atoms with E-state index in [4.69, 9.17) is 14.2 Å². The molecule has 0 aliphatic rings. The van der Waals surface area contributed by atoms with E-state index in [1.54, 1.807) is 32.0 Å². The molecule has 8 nitrogen and oxygen atoms in total. The number of hydrogen-bond acceptors (Lipinski definition) is 8. The van der Waals surface area contributed by atoms with E-state index in [1.165, 1.54) is 20.1 Å². The number of benzene rings is 1. The van der Waals surface area contributed by atoms with Gasteiger partial charge < -0.3 is 19.5 Å². The first-order chi connectivity index (χ1) is 13.8. The molecule has 0 bridgehead atoms. The van der Waals surface area contributed by atoms with Crippen LogP contribution < -0.4 is 10.1 Å². The third-order valence-corrected chi connectivity index (χ3v) is 5.05. The minimum absolute atomic E-state index is 0.101. The maximum atomic E-state index is 12.3. The van der Waals surface area contributed by atoms with E-state index in [1.807, 2.05) is 0 Å². The predicted molar refractivity (Wildman–Crippen MR) is 107 cm³/mol. The van der Waals surface area contributed by atoms with Gasteiger partial charge in [-0.05, 0) is 38.5 Å². The van der Waals surface area contributed by atoms with E-state index in [-0.39, 0.29) is 34.4 Å². The largest absolute Gasteiger partial charge is 0.484 e. The summed E-state index contributed by atoms with van der Waals surface area (Å²) >= 11 is 0.922. The number of ether oxygens (including phenoxy) is 3. The van der Waals surface area contributed by atoms with Crippen molar-refractivity contribution >= 4 is 40.0 Å². The number of methoxy groups -OCH3 is 1. The second-order valence-electron chi connectivity index (χ2n) is 5.89. The normalized spacial score (nSPS) is 10.2. The number of nitrogens with one attached hydrogen (secondary N) is 1. The maximum absolute atomic E-state index is 12.3. The van der Waals surface area contributed by atoms with Gasteiger partial charge in [0, 0.05) is 5.56 Å². The molecule has 1 amide bonds. The molecule has 0 saturated heterocycles. The SMILES string of the molecule is CCOC(=O)c1c(NC(=O)COc2cccc(C(C)=O)c2)sc(C(=O)OC)c1C. The van der Waals surface area contributed by atoms with E-state index in [9.17, 15) is 19.2 Å². The van der Waals surface area contributed by atoms with Crippen LogP contribution in [0.15, 0.2) is 24.3 Å². The standard InChI is InChI=1S/C20H21NO7S/c1-5-27-19(24)16-11(2)17(20(25)26-4)29-18(16)21-15(23)10-28-14-8-6-7-13(9-14)12(3)22/h6-9H,5,10H2,1-4H3,(H,21,23). The van der Waals surface area contributed by atoms with Gasteiger partial charge in [0.05, 0.1) is 19.3 Å². The average Bonchev–Trinajstić information content (AvgIpc) is 3.02. The summed E-state index contributed by atoms with van der Waals surface area (Å²) in [5.41, 5.74) is 0.930. The minimum Gasteiger partial charge on any atom is -0.484 e. The Morgan fingerprint density at radius 3 is 2.48 bits per heavy atom. The lowest BCUT2D eigenvalue weighted by Crippen LogP contribution is -2.21. The molecule has 1 aromatic heterocycles. The van der Waals surface area contributed by atoms with Crippen LogP contribution in [0.4, 0.5) is 5.00 Å². The predicted octanol–water partition coefficient (Wildman–Crippen LogP) is 3.24. The third kappa shape index (κ3) is 5.41. The van der Waals surface area contributed by atoms with Crippen LogP contribution in [0.25, 0.3) is 0 Å². The van der Waals surface area contributed by atoms with E-state index < -0.39 is 17.8 Å². The van der Waals surface area contributed by atoms with Crippen LogP contribution in [0.5, 0.6) is 5.75 Å². The molecule has 0 fully saturated rings. The van der Waals surface area contributed by atoms with E-state index >= 15 is 0 Å². The fourth-order valence-electron chi connectivity index (χ4n) is 2.45. The quantitative estimate of drug-likeness (QED) is 0.517. The summed E-state index contributed by atoms with van der Waals surface area (Å²) in [6.45, 7) is 4.45. The first-order valence-electron chi connectivity index (χ1n) is 8.70. The van der Waals surface area contributed by atoms with E-state index in [0.717, 1.165) is 11.3 Å². The second-order valence-corrected chi connectivity index (χ2v) is 6.91. The number of anilines is 1. The summed E-state index contributed by atoms with van der Waals surface area (Å²) < 4.78 is 15.2. The summed E-state index contributed by atoms with van der Waals surface area (Å²) in [7, 11) is 1.23. The summed E-state index contributed by atoms with van der Waals surface area (Å²) in [5.74, 6) is -1.57. The molecular weight excluding hydrogens is 398 g/mol. The molecule has 9 heteroatoms. The number of thiophene rings is 1. The highest BCUT2D eigenvalue weighted by molar-refractivity contribution is 7.18. The number of Topliss-reactive ketones (excluding diaryl/α,β-unsaturated/α-hetero) is 1. The molecule has 1 heterocycles. The fraction of sp³-hybridized carbons (Fsp3) is 0.300. The summed E-state index contributed by atoms with van der Waals surface area (Å²) in [6, 6.07) is 6.44. The fourth-order valence-corrected chi connectivity index (χ4v) is 3.58. The van der Waals surface area contributed by atoms with Gasteiger partial charge >= 0.3 is 11.9 Å². The molecule has 0 aliphatic heterocycles. The van der Waals surface area contributed by atoms with Gasteiger partial charge in [0.25, 0.3) is 5.91 Å². The Balaban J connectivity index is 2.18. The van der Waals surface area contributed by atoms with Crippen LogP contribution in [-0.2, 0) is 14.3 Å². The Kier molecular flexibility index (Phi) is 7.49. The molecule has 0 aliphatic carbocycles. The van der Waals surface area contributed by atoms with Crippen molar-refractivity contribution in [2.75, 3.05) is 25.6 Å². The third-order valence-electron chi connectivity index (χ3n) is 3.86. The van der Waals surface area contributed by atoms with Crippen LogP contribution in [0.1, 0.15) is 49.8 Å². The van der Waals surface area contributed by atoms with Crippen molar-refractivity contribution in [3.8, 4) is 5.75 Å². The molecule has 29 heavy (non-hydrogen) atoms. The number of hydrogen-bond donors (Lipinski definition) is 1. The number of esters is 2. The topological polar surface area (TPSA) is 108 Å². The molecule has 0 saturated carbocycles. The van der Waals surface area contributed by atoms with Gasteiger partial charge in [-0.2, -0.15) is 0 Å². The van der Waals surface area contributed by atoms with Crippen molar-refractivity contribution in [3.63, 3.8) is 0 Å². The molecular formula is C20H21NO7S. The zero-order valence-electron chi connectivity index (χ0n) is 16.5. The van der Waals surface area contributed by atoms with E-state index in [2.05, 4.69) is 5.32 Å². The van der Waals surface area contributed by atoms with Gasteiger partial charge in [0.2, 0.25) is 0 Å². The van der Waals surface area contributed by atoms with Crippen molar-refractivity contribution in [1.82, 2.24) is 0 Å². The van der Waals surface area contributed by atoms with Crippen LogP contribution in [0, 0.1) is 6.92 Å². The Morgan fingerprint density at radius 2 is 1.86 bits per heavy atom. The van der Waals surface area contributed by atoms with Crippen molar-refractivity contribution in [2.24, 2.45) is 0 Å². The van der Waals surface area contributed by atoms with Crippen molar-refractivity contribution in [2.45, 2.75) is 20.8 Å². The summed E-state index contributed by atoms with van der Waals surface area (Å²) in [6.07, 6.45) is 0. The summed E-state index contributed by atoms with van der Waals surface area (Å²) in [5, 5.41) is 2.75. The molecule has 0 radical (unpaired) electrons. The first-order valence-corrected chi connectivity index (χ1v) is 9.52. The zero-order valence-corrected chi connectivity index (χ0v) is 17.3. The molecule has 1 N–H and O–H groups in total. The van der Waals surface area contributed by atoms with Gasteiger partial charge in [0.1, 0.15) is 15.6 Å². The molecule has 2 aromatic rings. The van der Waals surface area contributed by atoms with Crippen LogP contribution in [-0.4, -0.2) is 44.0 Å². The molecule has 2 rings (SSSR count). The molecule has 154 valence electrons. The number of carbonyl (C=O) groups excluding carboxylic acids is 4. The van der Waals surface area contributed by atoms with Crippen LogP contribution in [0.2, 0.25) is 0 Å². The average molecular weight is 419 g/mol. The smallest absolute Gasteiger partial charge is 0.348 e. The highest BCUT2D eigenvalue weighted by Gasteiger charge is 2.27. The van der Waals surface area contributed by atoms with E-state index in [0.29, 0.717) is 16.9 Å². The highest BCUT2D eigenvalue weighted by atomic mass is 32.1. The molecule has 0 spiro atoms. The number of ketones is 1. The molecule has 0 unspecified atom stereocenters. The first kappa shape index (κ1) is 22.1. The number of carbonyl (C=O) groups is 4. The summed E-state index contributed by atoms with van der Waals surface area (Å²) in [4.78, 5) is 48.2. The van der Waals surface area contributed by atoms with Gasteiger partial charge in [-0.25, -0.2) is 9.59 Å². The lowest BCUT2D eigenvalue weighted by molar-refractivity contribution is -0.118. The Labute approximate surface area is 171 Å². The van der Waals surface area contributed by atoms with Crippen molar-refractivity contribution in [3.05, 3.63) is 45.8 Å². The highest BCUT2D eigenvalue weighted by Crippen LogP contribution is 2.34. The van der Waals surface area contributed by atoms with Crippen LogP contribution >= 0.6 is 11.3 Å². The number of rotatable bonds is 8. The monoisotopic (exact) mass is 419 g/mol. The number of amides is 1. The van der Waals surface area contributed by atoms with Gasteiger partial charge in [-0.1, -0.05) is 12.1 Å². The van der Waals surface area contributed by atoms with Crippen molar-refractivity contribution in [1.29, 1.82) is 0 Å². The lowest BCUT2D eigenvalue weighted by atomic mass is 10.1. The minimum atomic E-state index is -0.651. The van der Waals surface area contributed by atoms with Gasteiger partial charge in [0.15, 0.2) is 12.4 Å². The molecule has 1 aromatic carbocycles. The second kappa shape index (κ2) is 9.83. The van der Waals surface area contributed by atoms with Gasteiger partial charge in [-0.3, -0.25) is 9.59 Å². The Morgan fingerprint density at radius 1 is 1.14 bits per heavy atom. The maximum Gasteiger partial charge on any atom is 0.348 e. The van der Waals surface area contributed by atoms with Crippen LogP contribution in [0.3, 0.4) is 0 Å². The zero-order chi connectivity index (χ0) is 21.6.